The summed E-state index contributed by atoms with van der Waals surface area (Å²) in [6.45, 7) is 1.35. The normalized spacial score (nSPS) is 15.4. The smallest absolute Gasteiger partial charge is 0.294 e. The average molecular weight is 296 g/mol. The third-order valence-electron chi connectivity index (χ3n) is 3.41. The van der Waals surface area contributed by atoms with Crippen LogP contribution >= 0.6 is 0 Å². The molecule has 0 amide bonds. The van der Waals surface area contributed by atoms with E-state index in [9.17, 15) is 14.5 Å². The summed E-state index contributed by atoms with van der Waals surface area (Å²) in [6.07, 6.45) is 3.92. The van der Waals surface area contributed by atoms with Gasteiger partial charge in [-0.1, -0.05) is 0 Å². The minimum Gasteiger partial charge on any atom is -0.366 e. The first-order valence-corrected chi connectivity index (χ1v) is 6.54. The van der Waals surface area contributed by atoms with Crippen LogP contribution < -0.4 is 21.6 Å². The first-order valence-electron chi connectivity index (χ1n) is 6.54. The zero-order chi connectivity index (χ0) is 15.4. The molecule has 21 heavy (non-hydrogen) atoms. The van der Waals surface area contributed by atoms with Crippen LogP contribution in [0.2, 0.25) is 0 Å². The number of piperidine rings is 1. The van der Waals surface area contributed by atoms with Crippen molar-refractivity contribution in [3.63, 3.8) is 0 Å². The molecule has 0 aliphatic carbocycles. The van der Waals surface area contributed by atoms with Gasteiger partial charge in [-0.3, -0.25) is 15.1 Å². The molecule has 1 fully saturated rings. The Morgan fingerprint density at radius 1 is 1.38 bits per heavy atom. The molecule has 4 N–H and O–H groups in total. The third-order valence-corrected chi connectivity index (χ3v) is 3.41. The molecule has 1 aromatic carbocycles. The van der Waals surface area contributed by atoms with E-state index in [1.807, 2.05) is 4.90 Å². The number of hydrogen-bond donors (Lipinski definition) is 2. The van der Waals surface area contributed by atoms with E-state index in [1.54, 1.807) is 0 Å². The minimum atomic E-state index is -0.663. The van der Waals surface area contributed by atoms with Crippen LogP contribution in [0.4, 0.5) is 21.5 Å². The molecule has 114 valence electrons. The van der Waals surface area contributed by atoms with Crippen LogP contribution in [-0.2, 0) is 0 Å². The lowest BCUT2D eigenvalue weighted by Gasteiger charge is -2.28. The van der Waals surface area contributed by atoms with Crippen molar-refractivity contribution in [2.75, 3.05) is 23.0 Å². The second kappa shape index (κ2) is 6.35. The van der Waals surface area contributed by atoms with E-state index >= 15 is 0 Å². The Labute approximate surface area is 120 Å². The van der Waals surface area contributed by atoms with Gasteiger partial charge in [0.25, 0.3) is 5.69 Å². The Bertz CT molecular complexity index is 559. The van der Waals surface area contributed by atoms with Gasteiger partial charge in [0, 0.05) is 25.2 Å². The van der Waals surface area contributed by atoms with E-state index < -0.39 is 10.7 Å². The number of hydrazine groups is 1. The van der Waals surface area contributed by atoms with Gasteiger partial charge in [-0.2, -0.15) is 5.10 Å². The Hall–Kier alpha value is -2.42. The molecular weight excluding hydrogens is 279 g/mol. The highest BCUT2D eigenvalue weighted by Crippen LogP contribution is 2.35. The zero-order valence-corrected chi connectivity index (χ0v) is 11.4. The molecule has 8 nitrogen and oxygen atoms in total. The van der Waals surface area contributed by atoms with Crippen LogP contribution in [0.5, 0.6) is 0 Å². The molecule has 1 aromatic rings. The van der Waals surface area contributed by atoms with Gasteiger partial charge in [-0.05, 0) is 19.3 Å². The lowest BCUT2D eigenvalue weighted by atomic mass is 10.1. The number of hydrazone groups is 1. The highest BCUT2D eigenvalue weighted by molar-refractivity contribution is 5.81. The van der Waals surface area contributed by atoms with Gasteiger partial charge in [-0.15, -0.1) is 0 Å². The van der Waals surface area contributed by atoms with Crippen molar-refractivity contribution in [3.8, 4) is 0 Å². The lowest BCUT2D eigenvalue weighted by Crippen LogP contribution is -2.32. The second-order valence-electron chi connectivity index (χ2n) is 4.77. The zero-order valence-electron chi connectivity index (χ0n) is 11.4. The van der Waals surface area contributed by atoms with E-state index in [1.165, 1.54) is 0 Å². The van der Waals surface area contributed by atoms with Crippen LogP contribution in [0.25, 0.3) is 0 Å². The van der Waals surface area contributed by atoms with Crippen LogP contribution in [0.15, 0.2) is 17.2 Å². The molecule has 9 heteroatoms. The summed E-state index contributed by atoms with van der Waals surface area (Å²) < 4.78 is 14.1. The van der Waals surface area contributed by atoms with Gasteiger partial charge in [0.15, 0.2) is 5.82 Å². The number of nitrogens with two attached hydrogens (primary N) is 2. The number of hydrogen-bond acceptors (Lipinski definition) is 6. The monoisotopic (exact) mass is 296 g/mol. The molecule has 1 aliphatic rings. The third kappa shape index (κ3) is 3.19. The number of nitro groups is 1. The summed E-state index contributed by atoms with van der Waals surface area (Å²) >= 11 is 0. The molecule has 0 saturated carbocycles. The van der Waals surface area contributed by atoms with Crippen LogP contribution in [0, 0.1) is 15.9 Å². The van der Waals surface area contributed by atoms with Crippen molar-refractivity contribution in [2.45, 2.75) is 19.3 Å². The van der Waals surface area contributed by atoms with Gasteiger partial charge in [-0.25, -0.2) is 10.2 Å². The SMILES string of the molecule is N/N=C\N(N)c1cc([N+](=O)[O-])c(N2CCCCC2)cc1F. The van der Waals surface area contributed by atoms with Crippen molar-refractivity contribution in [2.24, 2.45) is 16.8 Å². The molecule has 1 heterocycles. The summed E-state index contributed by atoms with van der Waals surface area (Å²) in [5, 5.41) is 15.2. The number of rotatable bonds is 4. The lowest BCUT2D eigenvalue weighted by molar-refractivity contribution is -0.384. The number of nitrogens with zero attached hydrogens (tertiary/aromatic N) is 4. The van der Waals surface area contributed by atoms with E-state index in [-0.39, 0.29) is 17.1 Å². The molecule has 0 aromatic heterocycles. The topological polar surface area (TPSA) is 114 Å². The van der Waals surface area contributed by atoms with Crippen molar-refractivity contribution in [1.82, 2.24) is 0 Å². The summed E-state index contributed by atoms with van der Waals surface area (Å²) in [6, 6.07) is 2.24. The van der Waals surface area contributed by atoms with Crippen molar-refractivity contribution < 1.29 is 9.31 Å². The van der Waals surface area contributed by atoms with Crippen LogP contribution in [0.3, 0.4) is 0 Å². The Morgan fingerprint density at radius 2 is 2.05 bits per heavy atom. The summed E-state index contributed by atoms with van der Waals surface area (Å²) in [5.41, 5.74) is -0.0649. The Balaban J connectivity index is 2.45. The standard InChI is InChI=1S/C12H17FN6O2/c13-9-6-11(17-4-2-1-3-5-17)12(19(20)21)7-10(9)18(15)8-16-14/h6-8H,1-5,14-15H2/b16-8-. The number of nitro benzene ring substituents is 1. The van der Waals surface area contributed by atoms with Crippen molar-refractivity contribution in [3.05, 3.63) is 28.1 Å². The molecule has 0 atom stereocenters. The quantitative estimate of drug-likeness (QED) is 0.284. The predicted octanol–water partition coefficient (Wildman–Crippen LogP) is 1.31. The molecule has 1 aliphatic heterocycles. The largest absolute Gasteiger partial charge is 0.366 e. The van der Waals surface area contributed by atoms with Crippen LogP contribution in [0.1, 0.15) is 19.3 Å². The van der Waals surface area contributed by atoms with Gasteiger partial charge in [0.05, 0.1) is 4.92 Å². The maximum Gasteiger partial charge on any atom is 0.294 e. The molecule has 0 unspecified atom stereocenters. The van der Waals surface area contributed by atoms with Crippen molar-refractivity contribution in [1.29, 1.82) is 0 Å². The van der Waals surface area contributed by atoms with Crippen molar-refractivity contribution >= 4 is 23.4 Å². The fraction of sp³-hybridized carbons (Fsp3) is 0.417. The number of anilines is 2. The van der Waals surface area contributed by atoms with Gasteiger partial charge >= 0.3 is 0 Å². The predicted molar refractivity (Wildman–Crippen MR) is 78.5 cm³/mol. The molecule has 0 bridgehead atoms. The molecule has 0 radical (unpaired) electrons. The van der Waals surface area contributed by atoms with E-state index in [0.717, 1.165) is 42.7 Å². The summed E-state index contributed by atoms with van der Waals surface area (Å²) in [4.78, 5) is 12.5. The maximum atomic E-state index is 14.1. The number of benzene rings is 1. The van der Waals surface area contributed by atoms with Gasteiger partial charge < -0.3 is 10.7 Å². The van der Waals surface area contributed by atoms with Gasteiger partial charge in [0.1, 0.15) is 17.7 Å². The van der Waals surface area contributed by atoms with E-state index in [4.69, 9.17) is 11.7 Å². The highest BCUT2D eigenvalue weighted by atomic mass is 19.1. The summed E-state index contributed by atoms with van der Waals surface area (Å²) in [7, 11) is 0. The molecule has 1 saturated heterocycles. The second-order valence-corrected chi connectivity index (χ2v) is 4.77. The minimum absolute atomic E-state index is 0.156. The van der Waals surface area contributed by atoms with Gasteiger partial charge in [0.2, 0.25) is 0 Å². The average Bonchev–Trinajstić information content (AvgIpc) is 2.47. The van der Waals surface area contributed by atoms with Crippen LogP contribution in [-0.4, -0.2) is 24.4 Å². The Kier molecular flexibility index (Phi) is 4.53. The highest BCUT2D eigenvalue weighted by Gasteiger charge is 2.25. The molecular formula is C12H17FN6O2. The summed E-state index contributed by atoms with van der Waals surface area (Å²) in [5.74, 6) is 9.81. The fourth-order valence-corrected chi connectivity index (χ4v) is 2.41. The molecule has 0 spiro atoms. The van der Waals surface area contributed by atoms with E-state index in [0.29, 0.717) is 13.1 Å². The first-order chi connectivity index (χ1) is 10.0. The first kappa shape index (κ1) is 15.0. The maximum absolute atomic E-state index is 14.1. The number of halogens is 1. The fourth-order valence-electron chi connectivity index (χ4n) is 2.41. The Morgan fingerprint density at radius 3 is 2.62 bits per heavy atom. The molecule has 2 rings (SSSR count). The van der Waals surface area contributed by atoms with E-state index in [2.05, 4.69) is 5.10 Å².